The summed E-state index contributed by atoms with van der Waals surface area (Å²) in [5.74, 6) is -1.66. The first-order valence-corrected chi connectivity index (χ1v) is 8.12. The summed E-state index contributed by atoms with van der Waals surface area (Å²) in [5.41, 5.74) is -1.77. The van der Waals surface area contributed by atoms with Crippen LogP contribution < -0.4 is 0 Å². The molecule has 0 aromatic rings. The van der Waals surface area contributed by atoms with E-state index in [9.17, 15) is 19.5 Å². The number of hydrogen-bond acceptors (Lipinski definition) is 5. The van der Waals surface area contributed by atoms with E-state index in [1.807, 2.05) is 0 Å². The van der Waals surface area contributed by atoms with Crippen LogP contribution in [0.3, 0.4) is 0 Å². The van der Waals surface area contributed by atoms with Crippen molar-refractivity contribution in [1.82, 2.24) is 9.80 Å². The lowest BCUT2D eigenvalue weighted by molar-refractivity contribution is -0.151. The van der Waals surface area contributed by atoms with E-state index in [2.05, 4.69) is 0 Å². The quantitative estimate of drug-likeness (QED) is 0.830. The molecule has 0 radical (unpaired) electrons. The maximum atomic E-state index is 12.8. The Kier molecular flexibility index (Phi) is 4.81. The Labute approximate surface area is 141 Å². The molecule has 8 nitrogen and oxygen atoms in total. The third kappa shape index (κ3) is 3.48. The van der Waals surface area contributed by atoms with Gasteiger partial charge in [0.2, 0.25) is 0 Å². The van der Waals surface area contributed by atoms with Crippen LogP contribution in [0.15, 0.2) is 0 Å². The molecule has 0 aromatic carbocycles. The Hall–Kier alpha value is -1.83. The third-order valence-corrected chi connectivity index (χ3v) is 4.23. The smallest absolute Gasteiger partial charge is 0.410 e. The van der Waals surface area contributed by atoms with Gasteiger partial charge in [-0.2, -0.15) is 0 Å². The van der Waals surface area contributed by atoms with Gasteiger partial charge in [-0.15, -0.1) is 0 Å². The fraction of sp³-hybridized carbons (Fsp3) is 0.812. The second-order valence-electron chi connectivity index (χ2n) is 7.72. The van der Waals surface area contributed by atoms with Crippen molar-refractivity contribution in [3.8, 4) is 0 Å². The van der Waals surface area contributed by atoms with Crippen molar-refractivity contribution in [2.75, 3.05) is 19.8 Å². The van der Waals surface area contributed by atoms with E-state index in [0.717, 1.165) is 0 Å². The lowest BCUT2D eigenvalue weighted by atomic mass is 9.98. The molecule has 2 amide bonds. The molecule has 1 spiro atoms. The molecule has 2 heterocycles. The van der Waals surface area contributed by atoms with Crippen LogP contribution in [0.4, 0.5) is 4.79 Å². The number of amides is 2. The lowest BCUT2D eigenvalue weighted by Gasteiger charge is -2.28. The first-order valence-electron chi connectivity index (χ1n) is 8.12. The van der Waals surface area contributed by atoms with E-state index in [1.54, 1.807) is 34.6 Å². The summed E-state index contributed by atoms with van der Waals surface area (Å²) >= 11 is 0. The predicted molar refractivity (Wildman–Crippen MR) is 84.2 cm³/mol. The summed E-state index contributed by atoms with van der Waals surface area (Å²) in [6.07, 6.45) is -0.153. The maximum absolute atomic E-state index is 12.8. The SMILES string of the molecule is CC(C)C(C(=O)O)N1COC2(CCN(C(=O)OC(C)(C)C)C2)C1=O. The number of likely N-dealkylation sites (tertiary alicyclic amines) is 1. The number of ether oxygens (including phenoxy) is 2. The molecule has 1 N–H and O–H groups in total. The molecule has 24 heavy (non-hydrogen) atoms. The van der Waals surface area contributed by atoms with E-state index in [0.29, 0.717) is 13.0 Å². The van der Waals surface area contributed by atoms with E-state index >= 15 is 0 Å². The summed E-state index contributed by atoms with van der Waals surface area (Å²) in [6, 6.07) is -0.938. The average molecular weight is 342 g/mol. The number of carboxylic acids is 1. The second kappa shape index (κ2) is 6.23. The van der Waals surface area contributed by atoms with Gasteiger partial charge in [-0.1, -0.05) is 13.8 Å². The van der Waals surface area contributed by atoms with Gasteiger partial charge < -0.3 is 24.4 Å². The Bertz CT molecular complexity index is 541. The number of carbonyl (C=O) groups excluding carboxylic acids is 2. The molecule has 2 aliphatic heterocycles. The molecule has 2 atom stereocenters. The number of carbonyl (C=O) groups is 3. The molecule has 0 bridgehead atoms. The largest absolute Gasteiger partial charge is 0.480 e. The van der Waals surface area contributed by atoms with Gasteiger partial charge in [-0.3, -0.25) is 4.79 Å². The molecule has 2 aliphatic rings. The molecular formula is C16H26N2O6. The van der Waals surface area contributed by atoms with E-state index in [4.69, 9.17) is 9.47 Å². The molecule has 2 unspecified atom stereocenters. The summed E-state index contributed by atoms with van der Waals surface area (Å²) in [7, 11) is 0. The minimum atomic E-state index is -1.15. The van der Waals surface area contributed by atoms with Crippen molar-refractivity contribution in [3.05, 3.63) is 0 Å². The van der Waals surface area contributed by atoms with E-state index < -0.39 is 29.3 Å². The predicted octanol–water partition coefficient (Wildman–Crippen LogP) is 1.29. The zero-order valence-corrected chi connectivity index (χ0v) is 14.9. The van der Waals surface area contributed by atoms with Gasteiger partial charge in [0.25, 0.3) is 5.91 Å². The molecule has 2 saturated heterocycles. The van der Waals surface area contributed by atoms with Crippen LogP contribution in [0.25, 0.3) is 0 Å². The van der Waals surface area contributed by atoms with Crippen LogP contribution in [0.1, 0.15) is 41.0 Å². The van der Waals surface area contributed by atoms with Crippen molar-refractivity contribution >= 4 is 18.0 Å². The maximum Gasteiger partial charge on any atom is 0.410 e. The highest BCUT2D eigenvalue weighted by atomic mass is 16.6. The molecule has 2 rings (SSSR count). The normalized spacial score (nSPS) is 25.7. The Morgan fingerprint density at radius 2 is 1.96 bits per heavy atom. The highest BCUT2D eigenvalue weighted by Crippen LogP contribution is 2.35. The third-order valence-electron chi connectivity index (χ3n) is 4.23. The monoisotopic (exact) mass is 342 g/mol. The van der Waals surface area contributed by atoms with Crippen LogP contribution >= 0.6 is 0 Å². The zero-order chi connectivity index (χ0) is 18.3. The molecule has 0 saturated carbocycles. The average Bonchev–Trinajstić information content (AvgIpc) is 2.97. The van der Waals surface area contributed by atoms with Crippen LogP contribution in [-0.2, 0) is 19.1 Å². The molecular weight excluding hydrogens is 316 g/mol. The zero-order valence-electron chi connectivity index (χ0n) is 14.9. The number of nitrogens with zero attached hydrogens (tertiary/aromatic N) is 2. The van der Waals surface area contributed by atoms with Crippen LogP contribution in [-0.4, -0.2) is 69.9 Å². The van der Waals surface area contributed by atoms with Gasteiger partial charge in [-0.25, -0.2) is 9.59 Å². The lowest BCUT2D eigenvalue weighted by Crippen LogP contribution is -2.51. The van der Waals surface area contributed by atoms with E-state index in [-0.39, 0.29) is 25.1 Å². The van der Waals surface area contributed by atoms with Gasteiger partial charge in [-0.05, 0) is 26.7 Å². The Morgan fingerprint density at radius 3 is 2.46 bits per heavy atom. The van der Waals surface area contributed by atoms with Crippen LogP contribution in [0.5, 0.6) is 0 Å². The first-order chi connectivity index (χ1) is 11.0. The van der Waals surface area contributed by atoms with Crippen LogP contribution in [0.2, 0.25) is 0 Å². The van der Waals surface area contributed by atoms with Crippen molar-refractivity contribution < 1.29 is 29.0 Å². The molecule has 8 heteroatoms. The first kappa shape index (κ1) is 18.5. The molecule has 0 aliphatic carbocycles. The number of aliphatic carboxylic acids is 1. The molecule has 136 valence electrons. The van der Waals surface area contributed by atoms with Crippen molar-refractivity contribution in [2.24, 2.45) is 5.92 Å². The standard InChI is InChI=1S/C16H26N2O6/c1-10(2)11(12(19)20)18-9-23-16(13(18)21)6-7-17(8-16)14(22)24-15(3,4)5/h10-11H,6-9H2,1-5H3,(H,19,20). The molecule has 0 aromatic heterocycles. The van der Waals surface area contributed by atoms with Crippen molar-refractivity contribution in [1.29, 1.82) is 0 Å². The summed E-state index contributed by atoms with van der Waals surface area (Å²) in [5, 5.41) is 9.39. The fourth-order valence-corrected chi connectivity index (χ4v) is 3.12. The van der Waals surface area contributed by atoms with Gasteiger partial charge >= 0.3 is 12.1 Å². The summed E-state index contributed by atoms with van der Waals surface area (Å²) in [4.78, 5) is 39.1. The van der Waals surface area contributed by atoms with Gasteiger partial charge in [0.1, 0.15) is 18.4 Å². The molecule has 2 fully saturated rings. The minimum Gasteiger partial charge on any atom is -0.480 e. The topological polar surface area (TPSA) is 96.4 Å². The van der Waals surface area contributed by atoms with Gasteiger partial charge in [0.05, 0.1) is 6.54 Å². The van der Waals surface area contributed by atoms with Crippen molar-refractivity contribution in [3.63, 3.8) is 0 Å². The Balaban J connectivity index is 2.10. The number of rotatable bonds is 3. The highest BCUT2D eigenvalue weighted by Gasteiger charge is 2.56. The summed E-state index contributed by atoms with van der Waals surface area (Å²) < 4.78 is 11.0. The van der Waals surface area contributed by atoms with Gasteiger partial charge in [0.15, 0.2) is 5.60 Å². The van der Waals surface area contributed by atoms with Crippen molar-refractivity contribution in [2.45, 2.75) is 58.3 Å². The minimum absolute atomic E-state index is 0.0733. The Morgan fingerprint density at radius 1 is 1.33 bits per heavy atom. The number of hydrogen-bond donors (Lipinski definition) is 1. The van der Waals surface area contributed by atoms with E-state index in [1.165, 1.54) is 9.80 Å². The highest BCUT2D eigenvalue weighted by molar-refractivity contribution is 5.92. The van der Waals surface area contributed by atoms with Gasteiger partial charge in [0, 0.05) is 13.0 Å². The summed E-state index contributed by atoms with van der Waals surface area (Å²) in [6.45, 7) is 9.17. The second-order valence-corrected chi connectivity index (χ2v) is 7.72. The van der Waals surface area contributed by atoms with Crippen LogP contribution in [0, 0.1) is 5.92 Å². The fourth-order valence-electron chi connectivity index (χ4n) is 3.12. The number of carboxylic acid groups (broad SMARTS) is 1.